The van der Waals surface area contributed by atoms with Crippen LogP contribution in [0.5, 0.6) is 0 Å². The summed E-state index contributed by atoms with van der Waals surface area (Å²) in [5.41, 5.74) is 1.25. The summed E-state index contributed by atoms with van der Waals surface area (Å²) in [5, 5.41) is 6.64. The summed E-state index contributed by atoms with van der Waals surface area (Å²) in [7, 11) is 0. The maximum atomic E-state index is 12.4. The van der Waals surface area contributed by atoms with E-state index in [1.807, 2.05) is 35.2 Å². The molecule has 1 saturated heterocycles. The number of rotatable bonds is 6. The molecular weight excluding hydrogens is 318 g/mol. The van der Waals surface area contributed by atoms with E-state index in [-0.39, 0.29) is 11.8 Å². The molecule has 2 heterocycles. The molecule has 1 N–H and O–H groups in total. The van der Waals surface area contributed by atoms with Crippen LogP contribution in [0.15, 0.2) is 41.1 Å². The average Bonchev–Trinajstić information content (AvgIpc) is 3.04. The van der Waals surface area contributed by atoms with Crippen LogP contribution in [0.1, 0.15) is 42.5 Å². The number of aromatic nitrogens is 1. The molecule has 132 valence electrons. The molecule has 0 saturated carbocycles. The Morgan fingerprint density at radius 2 is 2.04 bits per heavy atom. The lowest BCUT2D eigenvalue weighted by Gasteiger charge is -2.20. The molecule has 0 bridgehead atoms. The van der Waals surface area contributed by atoms with Crippen molar-refractivity contribution < 1.29 is 14.1 Å². The van der Waals surface area contributed by atoms with Gasteiger partial charge >= 0.3 is 0 Å². The largest absolute Gasteiger partial charge is 0.355 e. The van der Waals surface area contributed by atoms with Crippen LogP contribution in [0.3, 0.4) is 0 Å². The van der Waals surface area contributed by atoms with Gasteiger partial charge in [0.2, 0.25) is 5.91 Å². The van der Waals surface area contributed by atoms with Crippen molar-refractivity contribution in [3.63, 3.8) is 0 Å². The highest BCUT2D eigenvalue weighted by atomic mass is 16.5. The maximum absolute atomic E-state index is 12.4. The molecule has 1 aliphatic heterocycles. The van der Waals surface area contributed by atoms with Gasteiger partial charge in [0.25, 0.3) is 5.91 Å². The smallest absolute Gasteiger partial charge is 0.256 e. The van der Waals surface area contributed by atoms with Gasteiger partial charge in [-0.1, -0.05) is 41.9 Å². The fourth-order valence-corrected chi connectivity index (χ4v) is 3.04. The minimum atomic E-state index is -0.206. The molecule has 1 fully saturated rings. The monoisotopic (exact) mass is 341 g/mol. The maximum Gasteiger partial charge on any atom is 0.256 e. The molecule has 1 aliphatic rings. The second-order valence-electron chi connectivity index (χ2n) is 6.24. The van der Waals surface area contributed by atoms with E-state index in [0.717, 1.165) is 37.8 Å². The van der Waals surface area contributed by atoms with E-state index < -0.39 is 0 Å². The highest BCUT2D eigenvalue weighted by Crippen LogP contribution is 2.23. The third-order valence-electron chi connectivity index (χ3n) is 4.41. The first-order chi connectivity index (χ1) is 12.3. The summed E-state index contributed by atoms with van der Waals surface area (Å²) >= 11 is 0. The standard InChI is InChI=1S/C19H23N3O3/c23-17-10-5-2-6-12-22(17)13-7-11-20-19(24)16-14-21-25-18(16)15-8-3-1-4-9-15/h1,3-4,8-9,14H,2,5-7,10-13H2,(H,20,24). The molecule has 6 nitrogen and oxygen atoms in total. The van der Waals surface area contributed by atoms with Crippen LogP contribution in [0, 0.1) is 0 Å². The van der Waals surface area contributed by atoms with Crippen LogP contribution in [0.25, 0.3) is 11.3 Å². The van der Waals surface area contributed by atoms with Gasteiger partial charge in [0, 0.05) is 31.6 Å². The van der Waals surface area contributed by atoms with Gasteiger partial charge in [-0.05, 0) is 19.3 Å². The van der Waals surface area contributed by atoms with Crippen LogP contribution in [0.2, 0.25) is 0 Å². The van der Waals surface area contributed by atoms with Crippen molar-refractivity contribution in [2.75, 3.05) is 19.6 Å². The Balaban J connectivity index is 1.50. The van der Waals surface area contributed by atoms with E-state index >= 15 is 0 Å². The predicted octanol–water partition coefficient (Wildman–Crippen LogP) is 2.86. The third kappa shape index (κ3) is 4.47. The second kappa shape index (κ2) is 8.46. The zero-order valence-corrected chi connectivity index (χ0v) is 14.2. The van der Waals surface area contributed by atoms with Gasteiger partial charge in [0.15, 0.2) is 5.76 Å². The van der Waals surface area contributed by atoms with Crippen molar-refractivity contribution in [2.24, 2.45) is 0 Å². The SMILES string of the molecule is O=C(NCCCN1CCCCCC1=O)c1cnoc1-c1ccccc1. The topological polar surface area (TPSA) is 75.4 Å². The number of carbonyl (C=O) groups excluding carboxylic acids is 2. The Bertz CT molecular complexity index is 712. The Labute approximate surface area is 147 Å². The number of nitrogens with one attached hydrogen (secondary N) is 1. The van der Waals surface area contributed by atoms with Gasteiger partial charge in [0.05, 0.1) is 6.20 Å². The van der Waals surface area contributed by atoms with Crippen LogP contribution in [-0.4, -0.2) is 41.5 Å². The molecule has 0 aliphatic carbocycles. The predicted molar refractivity (Wildman–Crippen MR) is 93.9 cm³/mol. The molecule has 3 rings (SSSR count). The molecule has 2 amide bonds. The summed E-state index contributed by atoms with van der Waals surface area (Å²) in [6.07, 6.45) is 6.00. The summed E-state index contributed by atoms with van der Waals surface area (Å²) in [4.78, 5) is 26.2. The summed E-state index contributed by atoms with van der Waals surface area (Å²) in [6, 6.07) is 9.43. The quantitative estimate of drug-likeness (QED) is 0.820. The number of amides is 2. The fraction of sp³-hybridized carbons (Fsp3) is 0.421. The van der Waals surface area contributed by atoms with Crippen molar-refractivity contribution in [1.29, 1.82) is 0 Å². The van der Waals surface area contributed by atoms with Gasteiger partial charge in [-0.3, -0.25) is 9.59 Å². The van der Waals surface area contributed by atoms with Crippen LogP contribution in [0.4, 0.5) is 0 Å². The molecular formula is C19H23N3O3. The molecule has 0 atom stereocenters. The number of nitrogens with zero attached hydrogens (tertiary/aromatic N) is 2. The van der Waals surface area contributed by atoms with Crippen LogP contribution < -0.4 is 5.32 Å². The third-order valence-corrected chi connectivity index (χ3v) is 4.41. The molecule has 1 aromatic heterocycles. The van der Waals surface area contributed by atoms with E-state index in [0.29, 0.717) is 30.8 Å². The number of likely N-dealkylation sites (tertiary alicyclic amines) is 1. The van der Waals surface area contributed by atoms with Crippen molar-refractivity contribution in [3.05, 3.63) is 42.1 Å². The van der Waals surface area contributed by atoms with E-state index in [9.17, 15) is 9.59 Å². The van der Waals surface area contributed by atoms with E-state index in [1.54, 1.807) is 0 Å². The Morgan fingerprint density at radius 1 is 1.20 bits per heavy atom. The van der Waals surface area contributed by atoms with Gasteiger partial charge in [0.1, 0.15) is 5.56 Å². The highest BCUT2D eigenvalue weighted by Gasteiger charge is 2.18. The van der Waals surface area contributed by atoms with Gasteiger partial charge in [-0.15, -0.1) is 0 Å². The number of carbonyl (C=O) groups is 2. The lowest BCUT2D eigenvalue weighted by atomic mass is 10.1. The number of benzene rings is 1. The second-order valence-corrected chi connectivity index (χ2v) is 6.24. The summed E-state index contributed by atoms with van der Waals surface area (Å²) < 4.78 is 5.24. The molecule has 2 aromatic rings. The van der Waals surface area contributed by atoms with Gasteiger partial charge in [-0.25, -0.2) is 0 Å². The van der Waals surface area contributed by atoms with Crippen molar-refractivity contribution in [3.8, 4) is 11.3 Å². The van der Waals surface area contributed by atoms with Gasteiger partial charge in [-0.2, -0.15) is 0 Å². The van der Waals surface area contributed by atoms with Crippen molar-refractivity contribution >= 4 is 11.8 Å². The molecule has 25 heavy (non-hydrogen) atoms. The minimum absolute atomic E-state index is 0.206. The highest BCUT2D eigenvalue weighted by molar-refractivity contribution is 5.99. The molecule has 0 unspecified atom stereocenters. The Kier molecular flexibility index (Phi) is 5.82. The molecule has 6 heteroatoms. The average molecular weight is 341 g/mol. The summed E-state index contributed by atoms with van der Waals surface area (Å²) in [6.45, 7) is 2.03. The fourth-order valence-electron chi connectivity index (χ4n) is 3.04. The summed E-state index contributed by atoms with van der Waals surface area (Å²) in [5.74, 6) is 0.498. The van der Waals surface area contributed by atoms with Crippen molar-refractivity contribution in [2.45, 2.75) is 32.1 Å². The molecule has 0 spiro atoms. The van der Waals surface area contributed by atoms with E-state index in [1.165, 1.54) is 6.20 Å². The van der Waals surface area contributed by atoms with E-state index in [2.05, 4.69) is 10.5 Å². The Morgan fingerprint density at radius 3 is 2.88 bits per heavy atom. The lowest BCUT2D eigenvalue weighted by molar-refractivity contribution is -0.130. The zero-order valence-electron chi connectivity index (χ0n) is 14.2. The van der Waals surface area contributed by atoms with Crippen molar-refractivity contribution in [1.82, 2.24) is 15.4 Å². The normalized spacial score (nSPS) is 15.0. The minimum Gasteiger partial charge on any atom is -0.355 e. The number of hydrogen-bond donors (Lipinski definition) is 1. The number of hydrogen-bond acceptors (Lipinski definition) is 4. The van der Waals surface area contributed by atoms with Crippen LogP contribution >= 0.6 is 0 Å². The first-order valence-electron chi connectivity index (χ1n) is 8.82. The first kappa shape index (κ1) is 17.2. The molecule has 0 radical (unpaired) electrons. The van der Waals surface area contributed by atoms with Crippen LogP contribution in [-0.2, 0) is 4.79 Å². The lowest BCUT2D eigenvalue weighted by Crippen LogP contribution is -2.34. The first-order valence-corrected chi connectivity index (χ1v) is 8.82. The van der Waals surface area contributed by atoms with Gasteiger partial charge < -0.3 is 14.7 Å². The zero-order chi connectivity index (χ0) is 17.5. The van der Waals surface area contributed by atoms with E-state index in [4.69, 9.17) is 4.52 Å². The Hall–Kier alpha value is -2.63. The molecule has 1 aromatic carbocycles.